The molecule has 0 aliphatic carbocycles. The van der Waals surface area contributed by atoms with Gasteiger partial charge in [-0.2, -0.15) is 0 Å². The number of nitrogens with one attached hydrogen (secondary N) is 2. The fraction of sp³-hybridized carbons (Fsp3) is 0.375. The van der Waals surface area contributed by atoms with Gasteiger partial charge in [0, 0.05) is 31.3 Å². The molecule has 2 aromatic rings. The highest BCUT2D eigenvalue weighted by molar-refractivity contribution is 6.09. The maximum absolute atomic E-state index is 12.4. The van der Waals surface area contributed by atoms with Crippen LogP contribution in [0.2, 0.25) is 0 Å². The minimum atomic E-state index is -0.133. The lowest BCUT2D eigenvalue weighted by Gasteiger charge is -2.15. The van der Waals surface area contributed by atoms with Gasteiger partial charge in [-0.25, -0.2) is 4.98 Å². The summed E-state index contributed by atoms with van der Waals surface area (Å²) in [4.78, 5) is 16.8. The van der Waals surface area contributed by atoms with Crippen LogP contribution < -0.4 is 10.6 Å². The number of methoxy groups -OCH3 is 1. The summed E-state index contributed by atoms with van der Waals surface area (Å²) in [5.74, 6) is 0.667. The van der Waals surface area contributed by atoms with Gasteiger partial charge in [0.15, 0.2) is 0 Å². The zero-order valence-corrected chi connectivity index (χ0v) is 12.6. The molecule has 1 atom stereocenters. The van der Waals surface area contributed by atoms with E-state index in [9.17, 15) is 4.79 Å². The van der Waals surface area contributed by atoms with E-state index in [0.717, 1.165) is 23.1 Å². The van der Waals surface area contributed by atoms with Crippen molar-refractivity contribution in [3.63, 3.8) is 0 Å². The number of ether oxygens (including phenoxy) is 1. The molecule has 0 saturated carbocycles. The molecule has 1 unspecified atom stereocenters. The SMILES string of the molecule is CCNc1ncc(C(=O)NC(C)COC)c2ccccc12. The number of carbonyl (C=O) groups is 1. The van der Waals surface area contributed by atoms with Crippen LogP contribution >= 0.6 is 0 Å². The van der Waals surface area contributed by atoms with Crippen LogP contribution in [-0.2, 0) is 4.74 Å². The van der Waals surface area contributed by atoms with Crippen LogP contribution in [0.1, 0.15) is 24.2 Å². The summed E-state index contributed by atoms with van der Waals surface area (Å²) in [6.45, 7) is 5.19. The largest absolute Gasteiger partial charge is 0.383 e. The van der Waals surface area contributed by atoms with Gasteiger partial charge in [-0.05, 0) is 19.2 Å². The van der Waals surface area contributed by atoms with Crippen LogP contribution in [-0.4, -0.2) is 37.2 Å². The minimum absolute atomic E-state index is 0.0466. The molecule has 5 heteroatoms. The number of hydrogen-bond acceptors (Lipinski definition) is 4. The average Bonchev–Trinajstić information content (AvgIpc) is 2.48. The third kappa shape index (κ3) is 3.49. The van der Waals surface area contributed by atoms with Gasteiger partial charge in [0.05, 0.1) is 12.2 Å². The van der Waals surface area contributed by atoms with E-state index >= 15 is 0 Å². The lowest BCUT2D eigenvalue weighted by atomic mass is 10.1. The van der Waals surface area contributed by atoms with Crippen LogP contribution in [0, 0.1) is 0 Å². The molecule has 112 valence electrons. The smallest absolute Gasteiger partial charge is 0.253 e. The van der Waals surface area contributed by atoms with Gasteiger partial charge in [0.2, 0.25) is 0 Å². The Labute approximate surface area is 124 Å². The first-order valence-electron chi connectivity index (χ1n) is 7.08. The highest BCUT2D eigenvalue weighted by atomic mass is 16.5. The number of amides is 1. The molecule has 2 rings (SSSR count). The first-order valence-corrected chi connectivity index (χ1v) is 7.08. The monoisotopic (exact) mass is 287 g/mol. The van der Waals surface area contributed by atoms with Gasteiger partial charge in [-0.1, -0.05) is 24.3 Å². The summed E-state index contributed by atoms with van der Waals surface area (Å²) in [5, 5.41) is 7.98. The lowest BCUT2D eigenvalue weighted by molar-refractivity contribution is 0.0907. The van der Waals surface area contributed by atoms with E-state index < -0.39 is 0 Å². The van der Waals surface area contributed by atoms with Crippen molar-refractivity contribution < 1.29 is 9.53 Å². The van der Waals surface area contributed by atoms with E-state index in [0.29, 0.717) is 12.2 Å². The molecule has 0 fully saturated rings. The Morgan fingerprint density at radius 1 is 1.33 bits per heavy atom. The fourth-order valence-electron chi connectivity index (χ4n) is 2.28. The van der Waals surface area contributed by atoms with Gasteiger partial charge in [0.25, 0.3) is 5.91 Å². The van der Waals surface area contributed by atoms with Crippen molar-refractivity contribution >= 4 is 22.5 Å². The number of carbonyl (C=O) groups excluding carboxylic acids is 1. The molecule has 0 radical (unpaired) electrons. The second-order valence-corrected chi connectivity index (χ2v) is 4.93. The molecule has 2 N–H and O–H groups in total. The van der Waals surface area contributed by atoms with E-state index in [-0.39, 0.29) is 11.9 Å². The Hall–Kier alpha value is -2.14. The van der Waals surface area contributed by atoms with Crippen LogP contribution in [0.15, 0.2) is 30.5 Å². The molecule has 21 heavy (non-hydrogen) atoms. The first kappa shape index (κ1) is 15.3. The molecule has 1 amide bonds. The Morgan fingerprint density at radius 2 is 2.05 bits per heavy atom. The highest BCUT2D eigenvalue weighted by Gasteiger charge is 2.15. The molecule has 1 heterocycles. The van der Waals surface area contributed by atoms with Crippen LogP contribution in [0.3, 0.4) is 0 Å². The van der Waals surface area contributed by atoms with Gasteiger partial charge in [-0.15, -0.1) is 0 Å². The standard InChI is InChI=1S/C16H21N3O2/c1-4-17-15-13-8-6-5-7-12(13)14(9-18-15)16(20)19-11(2)10-21-3/h5-9,11H,4,10H2,1-3H3,(H,17,18)(H,19,20). The van der Waals surface area contributed by atoms with Crippen LogP contribution in [0.4, 0.5) is 5.82 Å². The van der Waals surface area contributed by atoms with Crippen molar-refractivity contribution in [2.75, 3.05) is 25.6 Å². The number of rotatable bonds is 6. The van der Waals surface area contributed by atoms with Gasteiger partial charge >= 0.3 is 0 Å². The van der Waals surface area contributed by atoms with Crippen molar-refractivity contribution in [3.8, 4) is 0 Å². The second-order valence-electron chi connectivity index (χ2n) is 4.93. The normalized spacial score (nSPS) is 12.1. The minimum Gasteiger partial charge on any atom is -0.383 e. The molecule has 0 aliphatic rings. The number of pyridine rings is 1. The third-order valence-electron chi connectivity index (χ3n) is 3.18. The molecular weight excluding hydrogens is 266 g/mol. The van der Waals surface area contributed by atoms with E-state index in [2.05, 4.69) is 15.6 Å². The number of fused-ring (bicyclic) bond motifs is 1. The van der Waals surface area contributed by atoms with E-state index in [4.69, 9.17) is 4.74 Å². The second kappa shape index (κ2) is 7.04. The lowest BCUT2D eigenvalue weighted by Crippen LogP contribution is -2.35. The van der Waals surface area contributed by atoms with Gasteiger partial charge in [-0.3, -0.25) is 4.79 Å². The third-order valence-corrected chi connectivity index (χ3v) is 3.18. The summed E-state index contributed by atoms with van der Waals surface area (Å²) in [5.41, 5.74) is 0.579. The summed E-state index contributed by atoms with van der Waals surface area (Å²) in [6.07, 6.45) is 1.62. The summed E-state index contributed by atoms with van der Waals surface area (Å²) < 4.78 is 5.04. The predicted molar refractivity (Wildman–Crippen MR) is 84.7 cm³/mol. The fourth-order valence-corrected chi connectivity index (χ4v) is 2.28. The number of anilines is 1. The van der Waals surface area contributed by atoms with Crippen molar-refractivity contribution in [2.45, 2.75) is 19.9 Å². The maximum Gasteiger partial charge on any atom is 0.253 e. The Balaban J connectivity index is 2.36. The number of benzene rings is 1. The summed E-state index contributed by atoms with van der Waals surface area (Å²) in [6, 6.07) is 7.73. The molecule has 0 bridgehead atoms. The van der Waals surface area contributed by atoms with Crippen molar-refractivity contribution in [1.82, 2.24) is 10.3 Å². The maximum atomic E-state index is 12.4. The van der Waals surface area contributed by atoms with Crippen LogP contribution in [0.5, 0.6) is 0 Å². The molecule has 5 nitrogen and oxygen atoms in total. The zero-order valence-electron chi connectivity index (χ0n) is 12.6. The average molecular weight is 287 g/mol. The predicted octanol–water partition coefficient (Wildman–Crippen LogP) is 2.43. The van der Waals surface area contributed by atoms with E-state index in [1.165, 1.54) is 0 Å². The molecule has 1 aromatic carbocycles. The van der Waals surface area contributed by atoms with Crippen molar-refractivity contribution in [1.29, 1.82) is 0 Å². The Bertz CT molecular complexity index is 628. The molecule has 0 spiro atoms. The van der Waals surface area contributed by atoms with E-state index in [1.54, 1.807) is 13.3 Å². The quantitative estimate of drug-likeness (QED) is 0.856. The summed E-state index contributed by atoms with van der Waals surface area (Å²) >= 11 is 0. The number of aromatic nitrogens is 1. The molecule has 0 saturated heterocycles. The Morgan fingerprint density at radius 3 is 2.71 bits per heavy atom. The first-order chi connectivity index (χ1) is 10.2. The van der Waals surface area contributed by atoms with Crippen LogP contribution in [0.25, 0.3) is 10.8 Å². The molecular formula is C16H21N3O2. The number of nitrogens with zero attached hydrogens (tertiary/aromatic N) is 1. The molecule has 1 aromatic heterocycles. The Kier molecular flexibility index (Phi) is 5.11. The van der Waals surface area contributed by atoms with Gasteiger partial charge < -0.3 is 15.4 Å². The van der Waals surface area contributed by atoms with Crippen molar-refractivity contribution in [3.05, 3.63) is 36.0 Å². The van der Waals surface area contributed by atoms with E-state index in [1.807, 2.05) is 38.1 Å². The summed E-state index contributed by atoms with van der Waals surface area (Å²) in [7, 11) is 1.62. The number of hydrogen-bond donors (Lipinski definition) is 2. The molecule has 0 aliphatic heterocycles. The highest BCUT2D eigenvalue weighted by Crippen LogP contribution is 2.24. The zero-order chi connectivity index (χ0) is 15.2. The van der Waals surface area contributed by atoms with Crippen molar-refractivity contribution in [2.24, 2.45) is 0 Å². The van der Waals surface area contributed by atoms with Gasteiger partial charge in [0.1, 0.15) is 5.82 Å². The topological polar surface area (TPSA) is 63.2 Å².